The number of benzene rings is 3. The molecule has 200 valence electrons. The molecule has 0 amide bonds. The Balaban J connectivity index is 1.71. The van der Waals surface area contributed by atoms with Gasteiger partial charge in [-0.15, -0.1) is 0 Å². The van der Waals surface area contributed by atoms with Crippen LogP contribution in [0.25, 0.3) is 0 Å². The average Bonchev–Trinajstić information content (AvgIpc) is 2.95. The van der Waals surface area contributed by atoms with E-state index in [1.165, 1.54) is 16.7 Å². The van der Waals surface area contributed by atoms with Gasteiger partial charge in [-0.1, -0.05) is 18.2 Å². The predicted molar refractivity (Wildman–Crippen MR) is 146 cm³/mol. The van der Waals surface area contributed by atoms with Crippen molar-refractivity contribution in [1.29, 1.82) is 0 Å². The van der Waals surface area contributed by atoms with Gasteiger partial charge in [-0.05, 0) is 85.3 Å². The van der Waals surface area contributed by atoms with E-state index in [1.807, 2.05) is 24.3 Å². The Morgan fingerprint density at radius 2 is 0.919 bits per heavy atom. The maximum atomic E-state index is 5.52. The van der Waals surface area contributed by atoms with Crippen molar-refractivity contribution < 1.29 is 28.4 Å². The van der Waals surface area contributed by atoms with E-state index in [4.69, 9.17) is 28.4 Å². The van der Waals surface area contributed by atoms with Crippen LogP contribution in [0.15, 0.2) is 54.6 Å². The molecule has 0 saturated heterocycles. The molecule has 7 heteroatoms. The molecule has 0 radical (unpaired) electrons. The molecule has 3 aromatic rings. The van der Waals surface area contributed by atoms with Crippen molar-refractivity contribution in [3.05, 3.63) is 71.3 Å². The normalized spacial score (nSPS) is 11.5. The van der Waals surface area contributed by atoms with Gasteiger partial charge < -0.3 is 33.7 Å². The van der Waals surface area contributed by atoms with Gasteiger partial charge in [0.15, 0.2) is 34.5 Å². The van der Waals surface area contributed by atoms with Crippen LogP contribution in [0.4, 0.5) is 0 Å². The van der Waals surface area contributed by atoms with Crippen LogP contribution in [-0.2, 0) is 19.3 Å². The highest BCUT2D eigenvalue weighted by Crippen LogP contribution is 2.30. The van der Waals surface area contributed by atoms with E-state index in [0.717, 1.165) is 66.7 Å². The molecule has 7 nitrogen and oxygen atoms in total. The van der Waals surface area contributed by atoms with E-state index in [-0.39, 0.29) is 6.04 Å². The first-order chi connectivity index (χ1) is 18.0. The molecule has 0 aliphatic rings. The van der Waals surface area contributed by atoms with Crippen LogP contribution in [0.5, 0.6) is 34.5 Å². The first-order valence-corrected chi connectivity index (χ1v) is 12.4. The number of methoxy groups -OCH3 is 6. The highest BCUT2D eigenvalue weighted by molar-refractivity contribution is 5.44. The Kier molecular flexibility index (Phi) is 10.8. The van der Waals surface area contributed by atoms with Crippen LogP contribution in [-0.4, -0.2) is 55.2 Å². The van der Waals surface area contributed by atoms with E-state index in [9.17, 15) is 0 Å². The minimum Gasteiger partial charge on any atom is -0.493 e. The first kappa shape index (κ1) is 28.0. The zero-order valence-corrected chi connectivity index (χ0v) is 22.8. The maximum absolute atomic E-state index is 5.52. The third kappa shape index (κ3) is 7.70. The third-order valence-electron chi connectivity index (χ3n) is 6.45. The molecular formula is C30H39NO6. The molecule has 1 N–H and O–H groups in total. The Hall–Kier alpha value is -3.58. The molecule has 0 heterocycles. The summed E-state index contributed by atoms with van der Waals surface area (Å²) in [7, 11) is 9.94. The fourth-order valence-corrected chi connectivity index (χ4v) is 4.40. The predicted octanol–water partition coefficient (Wildman–Crippen LogP) is 5.11. The van der Waals surface area contributed by atoms with Gasteiger partial charge >= 0.3 is 0 Å². The molecule has 3 rings (SSSR count). The fourth-order valence-electron chi connectivity index (χ4n) is 4.40. The Bertz CT molecular complexity index is 1130. The summed E-state index contributed by atoms with van der Waals surface area (Å²) in [5.41, 5.74) is 3.58. The summed E-state index contributed by atoms with van der Waals surface area (Å²) in [6.07, 6.45) is 3.59. The lowest BCUT2D eigenvalue weighted by Crippen LogP contribution is -2.33. The SMILES string of the molecule is COc1ccc(CCNC(CCc2ccc(OC)c(OC)c2)Cc2ccc(OC)c(OC)c2)cc1OC. The van der Waals surface area contributed by atoms with Crippen molar-refractivity contribution in [3.63, 3.8) is 0 Å². The second-order valence-electron chi connectivity index (χ2n) is 8.71. The summed E-state index contributed by atoms with van der Waals surface area (Å²) in [6.45, 7) is 0.833. The van der Waals surface area contributed by atoms with Gasteiger partial charge in [0.2, 0.25) is 0 Å². The van der Waals surface area contributed by atoms with Gasteiger partial charge in [0.25, 0.3) is 0 Å². The molecule has 0 spiro atoms. The summed E-state index contributed by atoms with van der Waals surface area (Å²) in [5.74, 6) is 4.44. The zero-order chi connectivity index (χ0) is 26.6. The second kappa shape index (κ2) is 14.2. The monoisotopic (exact) mass is 509 g/mol. The summed E-state index contributed by atoms with van der Waals surface area (Å²) in [4.78, 5) is 0. The lowest BCUT2D eigenvalue weighted by Gasteiger charge is -2.20. The molecule has 1 atom stereocenters. The minimum atomic E-state index is 0.256. The van der Waals surface area contributed by atoms with Crippen molar-refractivity contribution >= 4 is 0 Å². The van der Waals surface area contributed by atoms with Crippen molar-refractivity contribution in [2.24, 2.45) is 0 Å². The van der Waals surface area contributed by atoms with Gasteiger partial charge in [-0.3, -0.25) is 0 Å². The first-order valence-electron chi connectivity index (χ1n) is 12.4. The quantitative estimate of drug-likeness (QED) is 0.305. The highest BCUT2D eigenvalue weighted by Gasteiger charge is 2.14. The molecule has 0 aliphatic carbocycles. The van der Waals surface area contributed by atoms with Crippen molar-refractivity contribution in [2.45, 2.75) is 31.7 Å². The summed E-state index contributed by atoms with van der Waals surface area (Å²) in [6, 6.07) is 18.5. The molecule has 37 heavy (non-hydrogen) atoms. The Morgan fingerprint density at radius 1 is 0.514 bits per heavy atom. The number of ether oxygens (including phenoxy) is 6. The Labute approximate surface area is 220 Å². The van der Waals surface area contributed by atoms with Crippen molar-refractivity contribution in [3.8, 4) is 34.5 Å². The lowest BCUT2D eigenvalue weighted by atomic mass is 9.98. The molecular weight excluding hydrogens is 470 g/mol. The van der Waals surface area contributed by atoms with Gasteiger partial charge in [0.05, 0.1) is 42.7 Å². The molecule has 0 aromatic heterocycles. The number of hydrogen-bond acceptors (Lipinski definition) is 7. The molecule has 1 unspecified atom stereocenters. The van der Waals surface area contributed by atoms with Crippen LogP contribution >= 0.6 is 0 Å². The second-order valence-corrected chi connectivity index (χ2v) is 8.71. The molecule has 0 fully saturated rings. The summed E-state index contributed by atoms with van der Waals surface area (Å²) >= 11 is 0. The number of nitrogens with one attached hydrogen (secondary N) is 1. The lowest BCUT2D eigenvalue weighted by molar-refractivity contribution is 0.353. The molecule has 0 saturated carbocycles. The standard InChI is InChI=1S/C30H39NO6/c1-32-25-12-8-21(18-28(25)35-4)7-11-24(17-23-10-14-27(34-3)30(20-23)37-6)31-16-15-22-9-13-26(33-2)29(19-22)36-5/h8-10,12-14,18-20,24,31H,7,11,15-17H2,1-6H3. The van der Waals surface area contributed by atoms with Crippen LogP contribution in [0.3, 0.4) is 0 Å². The smallest absolute Gasteiger partial charge is 0.160 e. The van der Waals surface area contributed by atoms with Gasteiger partial charge in [-0.2, -0.15) is 0 Å². The van der Waals surface area contributed by atoms with Crippen LogP contribution in [0, 0.1) is 0 Å². The maximum Gasteiger partial charge on any atom is 0.160 e. The van der Waals surface area contributed by atoms with Gasteiger partial charge in [0, 0.05) is 6.04 Å². The van der Waals surface area contributed by atoms with Crippen LogP contribution in [0.2, 0.25) is 0 Å². The van der Waals surface area contributed by atoms with E-state index in [1.54, 1.807) is 42.7 Å². The minimum absolute atomic E-state index is 0.256. The van der Waals surface area contributed by atoms with Crippen LogP contribution < -0.4 is 33.7 Å². The number of aryl methyl sites for hydroxylation is 1. The van der Waals surface area contributed by atoms with Gasteiger partial charge in [-0.25, -0.2) is 0 Å². The van der Waals surface area contributed by atoms with E-state index in [0.29, 0.717) is 0 Å². The molecule has 3 aromatic carbocycles. The average molecular weight is 510 g/mol. The van der Waals surface area contributed by atoms with E-state index < -0.39 is 0 Å². The summed E-state index contributed by atoms with van der Waals surface area (Å²) in [5, 5.41) is 3.77. The zero-order valence-electron chi connectivity index (χ0n) is 22.8. The van der Waals surface area contributed by atoms with E-state index in [2.05, 4.69) is 35.6 Å². The Morgan fingerprint density at radius 3 is 1.38 bits per heavy atom. The number of hydrogen-bond donors (Lipinski definition) is 1. The number of rotatable bonds is 15. The molecule has 0 aliphatic heterocycles. The topological polar surface area (TPSA) is 67.4 Å². The fraction of sp³-hybridized carbons (Fsp3) is 0.400. The van der Waals surface area contributed by atoms with E-state index >= 15 is 0 Å². The summed E-state index contributed by atoms with van der Waals surface area (Å²) < 4.78 is 32.6. The van der Waals surface area contributed by atoms with Crippen LogP contribution in [0.1, 0.15) is 23.1 Å². The van der Waals surface area contributed by atoms with Gasteiger partial charge in [0.1, 0.15) is 0 Å². The largest absolute Gasteiger partial charge is 0.493 e. The van der Waals surface area contributed by atoms with Crippen molar-refractivity contribution in [2.75, 3.05) is 49.2 Å². The molecule has 0 bridgehead atoms. The third-order valence-corrected chi connectivity index (χ3v) is 6.45. The van der Waals surface area contributed by atoms with Crippen molar-refractivity contribution in [1.82, 2.24) is 5.32 Å². The highest BCUT2D eigenvalue weighted by atomic mass is 16.5.